The van der Waals surface area contributed by atoms with Crippen molar-refractivity contribution in [3.63, 3.8) is 0 Å². The Bertz CT molecular complexity index is 586. The van der Waals surface area contributed by atoms with E-state index in [-0.39, 0.29) is 11.0 Å². The van der Waals surface area contributed by atoms with Crippen molar-refractivity contribution in [2.45, 2.75) is 106 Å². The Morgan fingerprint density at radius 2 is 1.34 bits per heavy atom. The first kappa shape index (κ1) is 26.0. The van der Waals surface area contributed by atoms with Gasteiger partial charge in [-0.3, -0.25) is 4.90 Å². The van der Waals surface area contributed by atoms with E-state index >= 15 is 0 Å². The summed E-state index contributed by atoms with van der Waals surface area (Å²) < 4.78 is 12.2. The number of hydrogen-bond acceptors (Lipinski definition) is 3. The minimum absolute atomic E-state index is 0.147. The van der Waals surface area contributed by atoms with E-state index in [0.29, 0.717) is 24.1 Å². The molecule has 1 rings (SSSR count). The zero-order chi connectivity index (χ0) is 22.5. The summed E-state index contributed by atoms with van der Waals surface area (Å²) >= 11 is 0. The summed E-state index contributed by atoms with van der Waals surface area (Å²) in [6.45, 7) is 26.9. The largest absolute Gasteiger partial charge is 0.485 e. The molecule has 1 aromatic rings. The Labute approximate surface area is 181 Å². The van der Waals surface area contributed by atoms with Gasteiger partial charge in [0, 0.05) is 18.6 Å². The van der Waals surface area contributed by atoms with Crippen molar-refractivity contribution in [2.24, 2.45) is 5.41 Å². The van der Waals surface area contributed by atoms with E-state index in [0.717, 1.165) is 25.3 Å². The monoisotopic (exact) mass is 405 g/mol. The summed E-state index contributed by atoms with van der Waals surface area (Å²) in [4.78, 5) is 2.45. The molecule has 3 heteroatoms. The van der Waals surface area contributed by atoms with Crippen LogP contribution in [0.1, 0.15) is 88.1 Å². The smallest absolute Gasteiger partial charge is 0.127 e. The van der Waals surface area contributed by atoms with Gasteiger partial charge in [-0.25, -0.2) is 0 Å². The second kappa shape index (κ2) is 10.3. The van der Waals surface area contributed by atoms with E-state index in [1.165, 1.54) is 5.56 Å². The third kappa shape index (κ3) is 9.53. The lowest BCUT2D eigenvalue weighted by Crippen LogP contribution is -2.40. The highest BCUT2D eigenvalue weighted by Crippen LogP contribution is 2.36. The van der Waals surface area contributed by atoms with Gasteiger partial charge in [-0.05, 0) is 76.5 Å². The van der Waals surface area contributed by atoms with E-state index < -0.39 is 0 Å². The predicted octanol–water partition coefficient (Wildman–Crippen LogP) is 6.69. The van der Waals surface area contributed by atoms with Gasteiger partial charge in [0.1, 0.15) is 11.4 Å². The van der Waals surface area contributed by atoms with E-state index in [1.807, 2.05) is 0 Å². The molecule has 0 radical (unpaired) electrons. The highest BCUT2D eigenvalue weighted by molar-refractivity contribution is 5.32. The van der Waals surface area contributed by atoms with Gasteiger partial charge in [0.2, 0.25) is 0 Å². The molecule has 0 bridgehead atoms. The number of hydrogen-bond donors (Lipinski definition) is 0. The maximum atomic E-state index is 6.23. The molecule has 3 nitrogen and oxygen atoms in total. The molecule has 0 spiro atoms. The topological polar surface area (TPSA) is 21.7 Å². The van der Waals surface area contributed by atoms with Crippen LogP contribution in [0.3, 0.4) is 0 Å². The molecule has 0 atom stereocenters. The molecule has 0 aliphatic rings. The molecule has 0 aliphatic heterocycles. The van der Waals surface area contributed by atoms with Gasteiger partial charge in [-0.15, -0.1) is 0 Å². The van der Waals surface area contributed by atoms with Crippen LogP contribution in [0.15, 0.2) is 24.3 Å². The Morgan fingerprint density at radius 3 is 1.79 bits per heavy atom. The summed E-state index contributed by atoms with van der Waals surface area (Å²) in [6.07, 6.45) is 1.14. The number of benzene rings is 1. The predicted molar refractivity (Wildman–Crippen MR) is 126 cm³/mol. The van der Waals surface area contributed by atoms with Gasteiger partial charge >= 0.3 is 0 Å². The number of nitrogens with zero attached hydrogens (tertiary/aromatic N) is 1. The van der Waals surface area contributed by atoms with Crippen LogP contribution < -0.4 is 4.74 Å². The van der Waals surface area contributed by atoms with E-state index in [1.54, 1.807) is 0 Å². The van der Waals surface area contributed by atoms with Gasteiger partial charge in [0.15, 0.2) is 0 Å². The van der Waals surface area contributed by atoms with Gasteiger partial charge in [-0.1, -0.05) is 46.8 Å². The van der Waals surface area contributed by atoms with Crippen molar-refractivity contribution >= 4 is 0 Å². The number of rotatable bonds is 11. The fourth-order valence-corrected chi connectivity index (χ4v) is 4.35. The average molecular weight is 406 g/mol. The van der Waals surface area contributed by atoms with Gasteiger partial charge in [0.25, 0.3) is 0 Å². The molecule has 0 amide bonds. The summed E-state index contributed by atoms with van der Waals surface area (Å²) in [5.74, 6) is 0.903. The SMILES string of the molecule is CC(C)N(CCOCC(C)(C)Oc1ccc(C(C)(C)CC(C)(C)C)cc1)C(C)C. The third-order valence-corrected chi connectivity index (χ3v) is 5.27. The van der Waals surface area contributed by atoms with Crippen LogP contribution in [-0.2, 0) is 10.2 Å². The van der Waals surface area contributed by atoms with Crippen LogP contribution in [0.2, 0.25) is 0 Å². The Morgan fingerprint density at radius 1 is 0.828 bits per heavy atom. The van der Waals surface area contributed by atoms with Crippen LogP contribution >= 0.6 is 0 Å². The highest BCUT2D eigenvalue weighted by Gasteiger charge is 2.27. The van der Waals surface area contributed by atoms with Crippen LogP contribution in [0.25, 0.3) is 0 Å². The standard InChI is InChI=1S/C26H47NO2/c1-20(2)27(21(3)4)16-17-28-19-26(10,11)29-23-14-12-22(13-15-23)25(8,9)18-24(5,6)7/h12-15,20-21H,16-19H2,1-11H3. The summed E-state index contributed by atoms with van der Waals surface area (Å²) in [7, 11) is 0. The zero-order valence-electron chi connectivity index (χ0n) is 21.1. The molecule has 0 saturated carbocycles. The third-order valence-electron chi connectivity index (χ3n) is 5.27. The molecule has 168 valence electrons. The molecule has 0 unspecified atom stereocenters. The van der Waals surface area contributed by atoms with Crippen LogP contribution in [0.5, 0.6) is 5.75 Å². The lowest BCUT2D eigenvalue weighted by Gasteiger charge is -2.33. The first-order chi connectivity index (χ1) is 13.1. The van der Waals surface area contributed by atoms with Gasteiger partial charge < -0.3 is 9.47 Å². The van der Waals surface area contributed by atoms with Crippen molar-refractivity contribution < 1.29 is 9.47 Å². The molecule has 0 aromatic heterocycles. The molecular formula is C26H47NO2. The molecule has 0 fully saturated rings. The summed E-state index contributed by atoms with van der Waals surface area (Å²) in [5.41, 5.74) is 1.45. The maximum absolute atomic E-state index is 6.23. The second-order valence-electron chi connectivity index (χ2n) is 11.5. The highest BCUT2D eigenvalue weighted by atomic mass is 16.5. The Hall–Kier alpha value is -1.06. The van der Waals surface area contributed by atoms with Crippen molar-refractivity contribution in [3.8, 4) is 5.75 Å². The Kier molecular flexibility index (Phi) is 9.23. The van der Waals surface area contributed by atoms with Crippen LogP contribution in [0.4, 0.5) is 0 Å². The number of ether oxygens (including phenoxy) is 2. The second-order valence-corrected chi connectivity index (χ2v) is 11.5. The van der Waals surface area contributed by atoms with Crippen molar-refractivity contribution in [2.75, 3.05) is 19.8 Å². The fraction of sp³-hybridized carbons (Fsp3) is 0.769. The van der Waals surface area contributed by atoms with Gasteiger partial charge in [-0.2, -0.15) is 0 Å². The minimum atomic E-state index is -0.358. The lowest BCUT2D eigenvalue weighted by molar-refractivity contribution is -0.0137. The van der Waals surface area contributed by atoms with E-state index in [9.17, 15) is 0 Å². The van der Waals surface area contributed by atoms with Crippen molar-refractivity contribution in [1.29, 1.82) is 0 Å². The maximum Gasteiger partial charge on any atom is 0.127 e. The molecule has 0 N–H and O–H groups in total. The average Bonchev–Trinajstić information content (AvgIpc) is 2.51. The molecule has 0 saturated heterocycles. The lowest BCUT2D eigenvalue weighted by atomic mass is 9.72. The van der Waals surface area contributed by atoms with Crippen LogP contribution in [-0.4, -0.2) is 42.3 Å². The van der Waals surface area contributed by atoms with E-state index in [2.05, 4.69) is 105 Å². The minimum Gasteiger partial charge on any atom is -0.485 e. The van der Waals surface area contributed by atoms with Gasteiger partial charge in [0.05, 0.1) is 13.2 Å². The van der Waals surface area contributed by atoms with Crippen LogP contribution in [0, 0.1) is 5.41 Å². The quantitative estimate of drug-likeness (QED) is 0.383. The fourth-order valence-electron chi connectivity index (χ4n) is 4.35. The normalized spacial score (nSPS) is 13.6. The Balaban J connectivity index is 2.59. The van der Waals surface area contributed by atoms with Crippen molar-refractivity contribution in [3.05, 3.63) is 29.8 Å². The first-order valence-electron chi connectivity index (χ1n) is 11.3. The molecule has 0 heterocycles. The molecule has 29 heavy (non-hydrogen) atoms. The zero-order valence-corrected chi connectivity index (χ0v) is 21.1. The molecule has 0 aliphatic carbocycles. The van der Waals surface area contributed by atoms with Crippen molar-refractivity contribution in [1.82, 2.24) is 4.90 Å². The molecular weight excluding hydrogens is 358 g/mol. The molecule has 1 aromatic carbocycles. The summed E-state index contributed by atoms with van der Waals surface area (Å²) in [5, 5.41) is 0. The summed E-state index contributed by atoms with van der Waals surface area (Å²) in [6, 6.07) is 9.68. The first-order valence-corrected chi connectivity index (χ1v) is 11.3. The van der Waals surface area contributed by atoms with E-state index in [4.69, 9.17) is 9.47 Å².